The van der Waals surface area contributed by atoms with E-state index in [1.807, 2.05) is 30.3 Å². The molecule has 0 radical (unpaired) electrons. The fourth-order valence-corrected chi connectivity index (χ4v) is 4.17. The lowest BCUT2D eigenvalue weighted by molar-refractivity contribution is -0.123. The van der Waals surface area contributed by atoms with Gasteiger partial charge in [-0.1, -0.05) is 42.5 Å². The summed E-state index contributed by atoms with van der Waals surface area (Å²) in [6.07, 6.45) is 2.85. The molecule has 0 unspecified atom stereocenters. The molecule has 0 saturated carbocycles. The Morgan fingerprint density at radius 3 is 2.55 bits per heavy atom. The zero-order chi connectivity index (χ0) is 21.1. The van der Waals surface area contributed by atoms with Crippen molar-refractivity contribution in [2.45, 2.75) is 18.6 Å². The van der Waals surface area contributed by atoms with E-state index in [-0.39, 0.29) is 30.6 Å². The van der Waals surface area contributed by atoms with Crippen LogP contribution in [0.5, 0.6) is 11.5 Å². The number of hydrogen-bond acceptors (Lipinski definition) is 5. The maximum absolute atomic E-state index is 12.1. The van der Waals surface area contributed by atoms with E-state index < -0.39 is 9.84 Å². The number of hydrogen-bond donors (Lipinski definition) is 1. The molecule has 2 aromatic carbocycles. The molecule has 0 aliphatic rings. The molecule has 156 valence electrons. The van der Waals surface area contributed by atoms with Crippen molar-refractivity contribution >= 4 is 15.7 Å². The van der Waals surface area contributed by atoms with E-state index in [1.54, 1.807) is 24.3 Å². The molecule has 0 fully saturated rings. The summed E-state index contributed by atoms with van der Waals surface area (Å²) in [7, 11) is -1.67. The minimum Gasteiger partial charge on any atom is -0.493 e. The molecular weight excluding hydrogens is 390 g/mol. The Bertz CT molecular complexity index is 910. The Morgan fingerprint density at radius 1 is 1.10 bits per heavy atom. The summed E-state index contributed by atoms with van der Waals surface area (Å²) in [6, 6.07) is 14.5. The van der Waals surface area contributed by atoms with E-state index in [0.29, 0.717) is 24.3 Å². The van der Waals surface area contributed by atoms with Crippen LogP contribution in [0.2, 0.25) is 0 Å². The molecule has 0 atom stereocenters. The fraction of sp³-hybridized carbons (Fsp3) is 0.318. The third-order valence-electron chi connectivity index (χ3n) is 4.15. The average Bonchev–Trinajstić information content (AvgIpc) is 2.70. The lowest BCUT2D eigenvalue weighted by Gasteiger charge is -2.12. The highest BCUT2D eigenvalue weighted by Crippen LogP contribution is 2.28. The van der Waals surface area contributed by atoms with Crippen molar-refractivity contribution < 1.29 is 22.7 Å². The standard InChI is InChI=1S/C22H27NO5S/c1-3-8-18-11-12-20(21(15-18)27-2)28-16-22(24)23-13-7-14-29(25,26)17-19-9-5-4-6-10-19/h3-6,9-12,15H,1,7-8,13-14,16-17H2,2H3,(H,23,24). The molecule has 0 aliphatic heterocycles. The third-order valence-corrected chi connectivity index (χ3v) is 5.83. The highest BCUT2D eigenvalue weighted by molar-refractivity contribution is 7.90. The Hall–Kier alpha value is -2.80. The lowest BCUT2D eigenvalue weighted by Crippen LogP contribution is -2.30. The van der Waals surface area contributed by atoms with Crippen molar-refractivity contribution in [3.05, 3.63) is 72.3 Å². The summed E-state index contributed by atoms with van der Waals surface area (Å²) < 4.78 is 35.1. The summed E-state index contributed by atoms with van der Waals surface area (Å²) in [5.74, 6) is 0.724. The molecule has 2 aromatic rings. The van der Waals surface area contributed by atoms with Crippen molar-refractivity contribution in [1.82, 2.24) is 5.32 Å². The first-order chi connectivity index (χ1) is 13.9. The molecule has 0 bridgehead atoms. The zero-order valence-corrected chi connectivity index (χ0v) is 17.4. The summed E-state index contributed by atoms with van der Waals surface area (Å²) in [5, 5.41) is 2.68. The lowest BCUT2D eigenvalue weighted by atomic mass is 10.1. The Kier molecular flexibility index (Phi) is 8.73. The SMILES string of the molecule is C=CCc1ccc(OCC(=O)NCCCS(=O)(=O)Cc2ccccc2)c(OC)c1. The normalized spacial score (nSPS) is 10.9. The van der Waals surface area contributed by atoms with Gasteiger partial charge in [-0.2, -0.15) is 0 Å². The molecule has 0 saturated heterocycles. The number of carbonyl (C=O) groups excluding carboxylic acids is 1. The molecule has 2 rings (SSSR count). The Labute approximate surface area is 172 Å². The second kappa shape index (κ2) is 11.3. The van der Waals surface area contributed by atoms with Crippen LogP contribution >= 0.6 is 0 Å². The van der Waals surface area contributed by atoms with Crippen LogP contribution in [-0.2, 0) is 26.8 Å². The molecule has 0 heterocycles. The van der Waals surface area contributed by atoms with E-state index in [9.17, 15) is 13.2 Å². The fourth-order valence-electron chi connectivity index (χ4n) is 2.74. The summed E-state index contributed by atoms with van der Waals surface area (Å²) >= 11 is 0. The van der Waals surface area contributed by atoms with Crippen LogP contribution in [-0.4, -0.2) is 40.3 Å². The van der Waals surface area contributed by atoms with Crippen LogP contribution < -0.4 is 14.8 Å². The van der Waals surface area contributed by atoms with Crippen LogP contribution in [0, 0.1) is 0 Å². The highest BCUT2D eigenvalue weighted by Gasteiger charge is 2.12. The van der Waals surface area contributed by atoms with E-state index in [2.05, 4.69) is 11.9 Å². The maximum atomic E-state index is 12.1. The predicted molar refractivity (Wildman–Crippen MR) is 114 cm³/mol. The number of nitrogens with one attached hydrogen (secondary N) is 1. The maximum Gasteiger partial charge on any atom is 0.257 e. The van der Waals surface area contributed by atoms with E-state index >= 15 is 0 Å². The molecule has 0 spiro atoms. The monoisotopic (exact) mass is 417 g/mol. The van der Waals surface area contributed by atoms with Crippen LogP contribution in [0.3, 0.4) is 0 Å². The van der Waals surface area contributed by atoms with Crippen LogP contribution in [0.15, 0.2) is 61.2 Å². The van der Waals surface area contributed by atoms with Gasteiger partial charge >= 0.3 is 0 Å². The average molecular weight is 418 g/mol. The zero-order valence-electron chi connectivity index (χ0n) is 16.6. The molecular formula is C22H27NO5S. The van der Waals surface area contributed by atoms with Crippen molar-refractivity contribution in [3.8, 4) is 11.5 Å². The second-order valence-electron chi connectivity index (χ2n) is 6.55. The van der Waals surface area contributed by atoms with Gasteiger partial charge in [0.25, 0.3) is 5.91 Å². The molecule has 0 aliphatic carbocycles. The first kappa shape index (κ1) is 22.5. The molecule has 1 amide bonds. The van der Waals surface area contributed by atoms with E-state index in [0.717, 1.165) is 11.1 Å². The van der Waals surface area contributed by atoms with Crippen molar-refractivity contribution in [3.63, 3.8) is 0 Å². The molecule has 0 aromatic heterocycles. The van der Waals surface area contributed by atoms with Crippen LogP contribution in [0.4, 0.5) is 0 Å². The third kappa shape index (κ3) is 7.99. The smallest absolute Gasteiger partial charge is 0.257 e. The number of methoxy groups -OCH3 is 1. The first-order valence-corrected chi connectivity index (χ1v) is 11.2. The number of sulfone groups is 1. The first-order valence-electron chi connectivity index (χ1n) is 9.35. The van der Waals surface area contributed by atoms with Gasteiger partial charge < -0.3 is 14.8 Å². The van der Waals surface area contributed by atoms with Gasteiger partial charge in [-0.05, 0) is 36.1 Å². The van der Waals surface area contributed by atoms with Crippen molar-refractivity contribution in [2.75, 3.05) is 26.0 Å². The van der Waals surface area contributed by atoms with Gasteiger partial charge in [0.1, 0.15) is 0 Å². The molecule has 29 heavy (non-hydrogen) atoms. The Balaban J connectivity index is 1.73. The van der Waals surface area contributed by atoms with Crippen molar-refractivity contribution in [1.29, 1.82) is 0 Å². The summed E-state index contributed by atoms with van der Waals surface area (Å²) in [6.45, 7) is 3.80. The number of ether oxygens (including phenoxy) is 2. The summed E-state index contributed by atoms with van der Waals surface area (Å²) in [5.41, 5.74) is 1.79. The topological polar surface area (TPSA) is 81.7 Å². The molecule has 7 heteroatoms. The van der Waals surface area contributed by atoms with Crippen LogP contribution in [0.25, 0.3) is 0 Å². The predicted octanol–water partition coefficient (Wildman–Crippen LogP) is 2.92. The van der Waals surface area contributed by atoms with Crippen LogP contribution in [0.1, 0.15) is 17.5 Å². The molecule has 1 N–H and O–H groups in total. The van der Waals surface area contributed by atoms with Gasteiger partial charge in [0.15, 0.2) is 27.9 Å². The number of amides is 1. The number of rotatable bonds is 12. The van der Waals surface area contributed by atoms with Gasteiger partial charge in [-0.25, -0.2) is 8.42 Å². The molecule has 6 nitrogen and oxygen atoms in total. The second-order valence-corrected chi connectivity index (χ2v) is 8.73. The summed E-state index contributed by atoms with van der Waals surface area (Å²) in [4.78, 5) is 12.0. The van der Waals surface area contributed by atoms with Gasteiger partial charge in [0.2, 0.25) is 0 Å². The van der Waals surface area contributed by atoms with E-state index in [1.165, 1.54) is 7.11 Å². The number of carbonyl (C=O) groups is 1. The minimum absolute atomic E-state index is 0.00649. The van der Waals surface area contributed by atoms with Gasteiger partial charge in [-0.3, -0.25) is 4.79 Å². The van der Waals surface area contributed by atoms with E-state index in [4.69, 9.17) is 9.47 Å². The largest absolute Gasteiger partial charge is 0.493 e. The van der Waals surface area contributed by atoms with Gasteiger partial charge in [-0.15, -0.1) is 6.58 Å². The number of benzene rings is 2. The quantitative estimate of drug-likeness (QED) is 0.424. The van der Waals surface area contributed by atoms with Gasteiger partial charge in [0.05, 0.1) is 18.6 Å². The highest BCUT2D eigenvalue weighted by atomic mass is 32.2. The van der Waals surface area contributed by atoms with Crippen molar-refractivity contribution in [2.24, 2.45) is 0 Å². The Morgan fingerprint density at radius 2 is 1.86 bits per heavy atom. The number of allylic oxidation sites excluding steroid dienone is 1. The van der Waals surface area contributed by atoms with Gasteiger partial charge in [0, 0.05) is 6.54 Å². The minimum atomic E-state index is -3.21.